The molecule has 0 saturated heterocycles. The second kappa shape index (κ2) is 5.39. The lowest BCUT2D eigenvalue weighted by atomic mass is 10.1. The minimum absolute atomic E-state index is 0.141. The second-order valence-electron chi connectivity index (χ2n) is 3.97. The van der Waals surface area contributed by atoms with E-state index in [1.165, 1.54) is 17.0 Å². The number of alkyl halides is 3. The van der Waals surface area contributed by atoms with Crippen molar-refractivity contribution in [2.75, 3.05) is 6.61 Å². The largest absolute Gasteiger partial charge is 0.413 e. The van der Waals surface area contributed by atoms with Gasteiger partial charge < -0.3 is 0 Å². The highest BCUT2D eigenvalue weighted by atomic mass is 32.2. The summed E-state index contributed by atoms with van der Waals surface area (Å²) < 4.78 is 59.6. The van der Waals surface area contributed by atoms with Crippen molar-refractivity contribution in [3.8, 4) is 0 Å². The second-order valence-corrected chi connectivity index (χ2v) is 5.58. The SMILES string of the molecule is O=S(=O)(NOCC(F)(F)F)c1cccc2ccccc12. The van der Waals surface area contributed by atoms with Crippen LogP contribution >= 0.6 is 0 Å². The zero-order valence-corrected chi connectivity index (χ0v) is 10.8. The molecule has 2 aromatic rings. The Kier molecular flexibility index (Phi) is 3.98. The van der Waals surface area contributed by atoms with E-state index in [0.29, 0.717) is 10.8 Å². The Balaban J connectivity index is 2.28. The minimum atomic E-state index is -4.61. The summed E-state index contributed by atoms with van der Waals surface area (Å²) in [5.74, 6) is 0. The summed E-state index contributed by atoms with van der Waals surface area (Å²) >= 11 is 0. The molecule has 8 heteroatoms. The van der Waals surface area contributed by atoms with Crippen molar-refractivity contribution >= 4 is 20.8 Å². The van der Waals surface area contributed by atoms with Gasteiger partial charge in [-0.2, -0.15) is 13.2 Å². The van der Waals surface area contributed by atoms with Gasteiger partial charge in [0.15, 0.2) is 6.61 Å². The lowest BCUT2D eigenvalue weighted by Gasteiger charge is -2.10. The molecule has 0 aliphatic heterocycles. The quantitative estimate of drug-likeness (QED) is 0.883. The monoisotopic (exact) mass is 305 g/mol. The van der Waals surface area contributed by atoms with Crippen LogP contribution in [-0.4, -0.2) is 21.2 Å². The first-order chi connectivity index (χ1) is 9.30. The van der Waals surface area contributed by atoms with Crippen LogP contribution in [0.15, 0.2) is 47.4 Å². The molecule has 0 radical (unpaired) electrons. The van der Waals surface area contributed by atoms with E-state index in [4.69, 9.17) is 0 Å². The molecule has 0 spiro atoms. The Morgan fingerprint density at radius 2 is 1.70 bits per heavy atom. The van der Waals surface area contributed by atoms with Gasteiger partial charge in [0.25, 0.3) is 10.0 Å². The van der Waals surface area contributed by atoms with E-state index in [2.05, 4.69) is 4.84 Å². The average Bonchev–Trinajstić information content (AvgIpc) is 2.36. The van der Waals surface area contributed by atoms with Crippen molar-refractivity contribution in [1.29, 1.82) is 0 Å². The Morgan fingerprint density at radius 3 is 2.40 bits per heavy atom. The van der Waals surface area contributed by atoms with E-state index >= 15 is 0 Å². The maximum atomic E-state index is 11.9. The van der Waals surface area contributed by atoms with Gasteiger partial charge in [-0.05, 0) is 11.5 Å². The first-order valence-electron chi connectivity index (χ1n) is 5.48. The summed E-state index contributed by atoms with van der Waals surface area (Å²) in [6.45, 7) is -1.70. The highest BCUT2D eigenvalue weighted by Crippen LogP contribution is 2.22. The number of hydrogen-bond donors (Lipinski definition) is 1. The normalized spacial score (nSPS) is 12.8. The maximum Gasteiger partial charge on any atom is 0.413 e. The molecule has 0 unspecified atom stereocenters. The van der Waals surface area contributed by atoms with Crippen molar-refractivity contribution in [3.63, 3.8) is 0 Å². The van der Waals surface area contributed by atoms with Gasteiger partial charge in [-0.15, -0.1) is 0 Å². The molecule has 4 nitrogen and oxygen atoms in total. The summed E-state index contributed by atoms with van der Waals surface area (Å²) in [6.07, 6.45) is -4.61. The van der Waals surface area contributed by atoms with E-state index < -0.39 is 22.8 Å². The fourth-order valence-corrected chi connectivity index (χ4v) is 2.70. The molecule has 108 valence electrons. The third-order valence-corrected chi connectivity index (χ3v) is 3.72. The maximum absolute atomic E-state index is 11.9. The summed E-state index contributed by atoms with van der Waals surface area (Å²) in [6, 6.07) is 11.1. The van der Waals surface area contributed by atoms with Crippen LogP contribution in [0.3, 0.4) is 0 Å². The molecule has 2 aromatic carbocycles. The molecule has 0 aliphatic rings. The molecule has 0 amide bonds. The predicted octanol–water partition coefficient (Wildman–Crippen LogP) is 2.61. The number of benzene rings is 2. The molecule has 0 aliphatic carbocycles. The first kappa shape index (κ1) is 14.8. The number of fused-ring (bicyclic) bond motifs is 1. The van der Waals surface area contributed by atoms with Crippen LogP contribution in [0.1, 0.15) is 0 Å². The molecule has 0 heterocycles. The van der Waals surface area contributed by atoms with E-state index in [9.17, 15) is 21.6 Å². The highest BCUT2D eigenvalue weighted by Gasteiger charge is 2.29. The van der Waals surface area contributed by atoms with Crippen molar-refractivity contribution in [1.82, 2.24) is 4.89 Å². The predicted molar refractivity (Wildman–Crippen MR) is 66.3 cm³/mol. The third kappa shape index (κ3) is 3.47. The number of nitrogens with one attached hydrogen (secondary N) is 1. The van der Waals surface area contributed by atoms with Gasteiger partial charge >= 0.3 is 6.18 Å². The van der Waals surface area contributed by atoms with Gasteiger partial charge in [0.1, 0.15) is 0 Å². The summed E-state index contributed by atoms with van der Waals surface area (Å²) in [5, 5.41) is 1.06. The van der Waals surface area contributed by atoms with Crippen molar-refractivity contribution in [2.45, 2.75) is 11.1 Å². The third-order valence-electron chi connectivity index (χ3n) is 2.44. The fourth-order valence-electron chi connectivity index (χ4n) is 1.66. The number of sulfonamides is 1. The molecule has 20 heavy (non-hydrogen) atoms. The number of halogens is 3. The van der Waals surface area contributed by atoms with Gasteiger partial charge in [-0.3, -0.25) is 4.84 Å². The smallest absolute Gasteiger partial charge is 0.277 e. The van der Waals surface area contributed by atoms with Gasteiger partial charge in [0.2, 0.25) is 0 Å². The molecule has 1 N–H and O–H groups in total. The van der Waals surface area contributed by atoms with E-state index in [1.807, 2.05) is 0 Å². The summed E-state index contributed by atoms with van der Waals surface area (Å²) in [7, 11) is -4.18. The number of rotatable bonds is 4. The summed E-state index contributed by atoms with van der Waals surface area (Å²) in [4.78, 5) is 5.34. The Bertz CT molecular complexity index is 708. The van der Waals surface area contributed by atoms with Crippen molar-refractivity contribution < 1.29 is 26.4 Å². The van der Waals surface area contributed by atoms with Crippen LogP contribution in [0.5, 0.6) is 0 Å². The van der Waals surface area contributed by atoms with E-state index in [-0.39, 0.29) is 4.90 Å². The lowest BCUT2D eigenvalue weighted by molar-refractivity contribution is -0.181. The van der Waals surface area contributed by atoms with Crippen LogP contribution in [0, 0.1) is 0 Å². The Hall–Kier alpha value is -1.64. The molecule has 0 aromatic heterocycles. The Morgan fingerprint density at radius 1 is 1.05 bits per heavy atom. The molecular weight excluding hydrogens is 295 g/mol. The topological polar surface area (TPSA) is 55.4 Å². The van der Waals surface area contributed by atoms with Gasteiger partial charge in [0.05, 0.1) is 4.90 Å². The average molecular weight is 305 g/mol. The molecule has 0 atom stereocenters. The molecule has 0 bridgehead atoms. The van der Waals surface area contributed by atoms with Crippen LogP contribution in [0.25, 0.3) is 10.8 Å². The lowest BCUT2D eigenvalue weighted by Crippen LogP contribution is -2.29. The Labute approximate surface area is 113 Å². The highest BCUT2D eigenvalue weighted by molar-refractivity contribution is 7.89. The zero-order chi connectivity index (χ0) is 14.8. The first-order valence-corrected chi connectivity index (χ1v) is 6.96. The van der Waals surface area contributed by atoms with E-state index in [0.717, 1.165) is 0 Å². The van der Waals surface area contributed by atoms with Crippen molar-refractivity contribution in [2.24, 2.45) is 0 Å². The molecule has 2 rings (SSSR count). The molecule has 0 saturated carbocycles. The molecular formula is C12H10F3NO3S. The van der Waals surface area contributed by atoms with Gasteiger partial charge in [-0.1, -0.05) is 41.3 Å². The van der Waals surface area contributed by atoms with Crippen LogP contribution in [0.2, 0.25) is 0 Å². The van der Waals surface area contributed by atoms with E-state index in [1.54, 1.807) is 30.3 Å². The van der Waals surface area contributed by atoms with Gasteiger partial charge in [0, 0.05) is 5.39 Å². The molecule has 0 fully saturated rings. The standard InChI is InChI=1S/C12H10F3NO3S/c13-12(14,15)8-19-16-20(17,18)11-7-3-5-9-4-1-2-6-10(9)11/h1-7,16H,8H2. The van der Waals surface area contributed by atoms with Crippen LogP contribution in [0.4, 0.5) is 13.2 Å². The summed E-state index contributed by atoms with van der Waals surface area (Å²) in [5.41, 5.74) is 0. The minimum Gasteiger partial charge on any atom is -0.277 e. The van der Waals surface area contributed by atoms with Crippen LogP contribution in [-0.2, 0) is 14.9 Å². The fraction of sp³-hybridized carbons (Fsp3) is 0.167. The van der Waals surface area contributed by atoms with Gasteiger partial charge in [-0.25, -0.2) is 8.42 Å². The van der Waals surface area contributed by atoms with Crippen molar-refractivity contribution in [3.05, 3.63) is 42.5 Å². The number of hydrogen-bond acceptors (Lipinski definition) is 3. The van der Waals surface area contributed by atoms with Crippen LogP contribution < -0.4 is 4.89 Å². The zero-order valence-electron chi connectivity index (χ0n) is 10.0.